The van der Waals surface area contributed by atoms with Gasteiger partial charge in [0.25, 0.3) is 0 Å². The first-order valence-electron chi connectivity index (χ1n) is 47.8. The summed E-state index contributed by atoms with van der Waals surface area (Å²) in [4.78, 5) is 39.2. The standard InChI is InChI=1S/C30H32N2.C30H30N2.C30H28N2.C29H28N2O/c3*1-17(2)29-15-25-23-9-5-19(13-21(23)7-11-27(25)31-29)20-6-10-24-22(14-20)8-12-28-26(24)16-30(32-28)18(3)4;1-16(2)26-13-23-21-8-5-18(11-20(21)7-10-25(23)30-26)19-6-9-22-24-14-27(17(3)4)31-28(24)15-32-29(22)12-19/h5-6,9-10,13-14,17-18H,7-8,11-12,15-16H2,1-4H3;5-7,9-11,13-14,17-18H,8,12,15-16H2,1-4H3;5-14,17-18H,15-16H2,1-4H3;5-12,16-17H,13-15H2,1-4H3. The number of allylic oxidation sites excluding steroid dienone is 7. The first-order valence-corrected chi connectivity index (χ1v) is 47.8. The number of ether oxygens (including phenoxy) is 1. The minimum Gasteiger partial charge on any atom is -0.487 e. The maximum atomic E-state index is 6.13. The Balaban J connectivity index is 0.000000104. The SMILES string of the molecule is CC(C)C1=NC2=C(C1)c1ccc(-c3ccc4c(c3)CCC3=C4CC(C(C)C)=N3)cc1CC2.CC(C)C1=NC2=C(C1)c1ccc(-c3ccc4c5c(ccc4c3)N=C(C(C)C)C5)cc1CC2.CC(C)C1=NC2=C(C1)c1ccc(-c3ccc4c5c(ccc4c3)N=C(C(C)C)C5)cc1OC2.CC(C)C1=Nc2ccc3cc(-c4ccc5c6c(ccc5c4)N=C(C(C)C)C6)ccc3c2C1. The highest BCUT2D eigenvalue weighted by molar-refractivity contribution is 6.10. The molecule has 9 aliphatic heterocycles. The van der Waals surface area contributed by atoms with Gasteiger partial charge < -0.3 is 4.74 Å². The van der Waals surface area contributed by atoms with Gasteiger partial charge in [-0.2, -0.15) is 0 Å². The Labute approximate surface area is 756 Å². The molecule has 0 fully saturated rings. The van der Waals surface area contributed by atoms with E-state index in [0.29, 0.717) is 54.0 Å². The van der Waals surface area contributed by atoms with Crippen LogP contribution >= 0.6 is 0 Å². The van der Waals surface area contributed by atoms with E-state index in [0.717, 1.165) is 124 Å². The summed E-state index contributed by atoms with van der Waals surface area (Å²) in [7, 11) is 0. The van der Waals surface area contributed by atoms with Gasteiger partial charge in [-0.15, -0.1) is 0 Å². The smallest absolute Gasteiger partial charge is 0.131 e. The molecule has 640 valence electrons. The van der Waals surface area contributed by atoms with Crippen molar-refractivity contribution in [3.63, 3.8) is 0 Å². The lowest BCUT2D eigenvalue weighted by Crippen LogP contribution is -2.08. The lowest BCUT2D eigenvalue weighted by Gasteiger charge is -2.21. The number of benzene rings is 12. The molecule has 9 heterocycles. The van der Waals surface area contributed by atoms with E-state index in [2.05, 4.69) is 305 Å². The van der Waals surface area contributed by atoms with E-state index in [1.807, 2.05) is 0 Å². The number of fused-ring (bicyclic) bond motifs is 20. The fourth-order valence-corrected chi connectivity index (χ4v) is 21.4. The van der Waals surface area contributed by atoms with E-state index in [4.69, 9.17) is 44.7 Å². The molecule has 0 aromatic heterocycles. The van der Waals surface area contributed by atoms with Gasteiger partial charge in [0.05, 0.1) is 28.4 Å². The highest BCUT2D eigenvalue weighted by Gasteiger charge is 2.34. The number of rotatable bonds is 12. The molecule has 3 aliphatic carbocycles. The average Bonchev–Trinajstić information content (AvgIpc) is 1.49. The second kappa shape index (κ2) is 33.1. The summed E-state index contributed by atoms with van der Waals surface area (Å²) in [5.41, 5.74) is 51.7. The molecule has 12 aromatic carbocycles. The Morgan fingerprint density at radius 1 is 0.211 bits per heavy atom. The number of aliphatic imine (C=N–C) groups is 8. The van der Waals surface area contributed by atoms with Gasteiger partial charge in [-0.25, -0.2) is 0 Å². The van der Waals surface area contributed by atoms with Crippen LogP contribution in [0.5, 0.6) is 5.75 Å². The average molecular weight is 1680 g/mol. The van der Waals surface area contributed by atoms with Crippen LogP contribution < -0.4 is 4.74 Å². The molecule has 0 N–H and O–H groups in total. The molecule has 0 spiro atoms. The molecule has 0 amide bonds. The molecular formula is C119H118N8O. The minimum absolute atomic E-state index is 0.476. The van der Waals surface area contributed by atoms with Crippen molar-refractivity contribution in [1.82, 2.24) is 0 Å². The third kappa shape index (κ3) is 15.3. The Kier molecular flexibility index (Phi) is 21.4. The first-order chi connectivity index (χ1) is 61.9. The number of aryl methyl sites for hydroxylation is 3. The number of hydrogen-bond donors (Lipinski definition) is 0. The maximum Gasteiger partial charge on any atom is 0.131 e. The van der Waals surface area contributed by atoms with Crippen molar-refractivity contribution in [2.45, 2.75) is 201 Å². The second-order valence-corrected chi connectivity index (χ2v) is 40.3. The Morgan fingerprint density at radius 2 is 0.445 bits per heavy atom. The molecular weight excluding hydrogens is 1560 g/mol. The summed E-state index contributed by atoms with van der Waals surface area (Å²) in [6.45, 7) is 36.4. The molecule has 0 radical (unpaired) electrons. The summed E-state index contributed by atoms with van der Waals surface area (Å²) < 4.78 is 6.13. The van der Waals surface area contributed by atoms with E-state index < -0.39 is 0 Å². The van der Waals surface area contributed by atoms with Gasteiger partial charge in [-0.05, 0) is 306 Å². The van der Waals surface area contributed by atoms with Crippen molar-refractivity contribution in [2.75, 3.05) is 6.61 Å². The molecule has 9 nitrogen and oxygen atoms in total. The van der Waals surface area contributed by atoms with E-state index >= 15 is 0 Å². The van der Waals surface area contributed by atoms with Gasteiger partial charge in [0, 0.05) is 120 Å². The van der Waals surface area contributed by atoms with Crippen LogP contribution in [0.15, 0.2) is 257 Å². The van der Waals surface area contributed by atoms with Crippen LogP contribution in [0.4, 0.5) is 22.7 Å². The Hall–Kier alpha value is -12.2. The number of nitrogens with zero attached hydrogens (tertiary/aromatic N) is 8. The lowest BCUT2D eigenvalue weighted by atomic mass is 9.83. The summed E-state index contributed by atoms with van der Waals surface area (Å²) in [5, 5.41) is 10.5. The summed E-state index contributed by atoms with van der Waals surface area (Å²) in [5.74, 6) is 5.05. The molecule has 128 heavy (non-hydrogen) atoms. The fraction of sp³-hybridized carbons (Fsp3) is 0.328. The predicted molar refractivity (Wildman–Crippen MR) is 546 cm³/mol. The zero-order chi connectivity index (χ0) is 87.9. The topological polar surface area (TPSA) is 108 Å². The molecule has 0 bridgehead atoms. The van der Waals surface area contributed by atoms with Gasteiger partial charge in [0.15, 0.2) is 0 Å². The van der Waals surface area contributed by atoms with E-state index in [9.17, 15) is 0 Å². The minimum atomic E-state index is 0.476. The molecule has 0 saturated heterocycles. The molecule has 24 rings (SSSR count). The zero-order valence-electron chi connectivity index (χ0n) is 77.7. The van der Waals surface area contributed by atoms with Gasteiger partial charge in [-0.3, -0.25) is 39.9 Å². The van der Waals surface area contributed by atoms with Crippen LogP contribution in [-0.4, -0.2) is 52.3 Å². The highest BCUT2D eigenvalue weighted by Crippen LogP contribution is 2.50. The third-order valence-electron chi connectivity index (χ3n) is 29.4. The van der Waals surface area contributed by atoms with E-state index in [1.54, 1.807) is 0 Å². The van der Waals surface area contributed by atoms with Crippen molar-refractivity contribution in [3.8, 4) is 50.3 Å². The quantitative estimate of drug-likeness (QED) is 0.119. The normalized spacial score (nSPS) is 17.0. The predicted octanol–water partition coefficient (Wildman–Crippen LogP) is 31.2. The number of hydrogen-bond acceptors (Lipinski definition) is 9. The monoisotopic (exact) mass is 1670 g/mol. The van der Waals surface area contributed by atoms with Crippen LogP contribution in [0.25, 0.3) is 110 Å². The lowest BCUT2D eigenvalue weighted by molar-refractivity contribution is 0.345. The summed E-state index contributed by atoms with van der Waals surface area (Å²) >= 11 is 0. The van der Waals surface area contributed by atoms with Crippen LogP contribution in [0.1, 0.15) is 217 Å². The van der Waals surface area contributed by atoms with Crippen LogP contribution in [0.3, 0.4) is 0 Å². The van der Waals surface area contributed by atoms with Gasteiger partial charge in [-0.1, -0.05) is 250 Å². The van der Waals surface area contributed by atoms with Crippen molar-refractivity contribution in [1.29, 1.82) is 0 Å². The highest BCUT2D eigenvalue weighted by atomic mass is 16.5. The third-order valence-corrected chi connectivity index (χ3v) is 29.4. The zero-order valence-corrected chi connectivity index (χ0v) is 77.7. The van der Waals surface area contributed by atoms with Crippen molar-refractivity contribution >= 4 is 134 Å². The first kappa shape index (κ1) is 82.8. The van der Waals surface area contributed by atoms with Crippen LogP contribution in [0.2, 0.25) is 0 Å². The van der Waals surface area contributed by atoms with Crippen LogP contribution in [0, 0.1) is 47.3 Å². The summed E-state index contributed by atoms with van der Waals surface area (Å²) in [6, 6.07) is 73.1. The van der Waals surface area contributed by atoms with Crippen molar-refractivity contribution in [2.24, 2.45) is 87.3 Å². The second-order valence-electron chi connectivity index (χ2n) is 40.3. The summed E-state index contributed by atoms with van der Waals surface area (Å²) in [6.07, 6.45) is 14.5. The molecule has 0 saturated carbocycles. The van der Waals surface area contributed by atoms with Crippen LogP contribution in [-0.2, 0) is 44.9 Å². The maximum absolute atomic E-state index is 6.13. The molecule has 12 aliphatic rings. The molecule has 9 heteroatoms. The largest absolute Gasteiger partial charge is 0.487 e. The van der Waals surface area contributed by atoms with Crippen molar-refractivity contribution < 1.29 is 4.74 Å². The van der Waals surface area contributed by atoms with Crippen molar-refractivity contribution in [3.05, 3.63) is 278 Å². The fourth-order valence-electron chi connectivity index (χ4n) is 21.4. The Bertz CT molecular complexity index is 6750. The van der Waals surface area contributed by atoms with Gasteiger partial charge >= 0.3 is 0 Å². The Morgan fingerprint density at radius 3 is 0.727 bits per heavy atom. The van der Waals surface area contributed by atoms with Gasteiger partial charge in [0.1, 0.15) is 12.4 Å². The van der Waals surface area contributed by atoms with Gasteiger partial charge in [0.2, 0.25) is 0 Å². The molecule has 0 atom stereocenters. The van der Waals surface area contributed by atoms with E-state index in [-0.39, 0.29) is 0 Å². The van der Waals surface area contributed by atoms with E-state index in [1.165, 1.54) is 234 Å². The molecule has 0 unspecified atom stereocenters. The molecule has 12 aromatic rings.